The van der Waals surface area contributed by atoms with Crippen molar-refractivity contribution in [2.45, 2.75) is 13.8 Å². The summed E-state index contributed by atoms with van der Waals surface area (Å²) < 4.78 is 5.73. The minimum atomic E-state index is -0.547. The lowest BCUT2D eigenvalue weighted by Gasteiger charge is -2.10. The standard InChI is InChI=1S/C19H17BrN2O3/c1-11-4-5-12(2)16(6-11)22-19(24)14(10-21)7-13-8-15(20)9-17(25-3)18(13)23/h4-9,23H,1-3H3,(H,22,24). The van der Waals surface area contributed by atoms with Crippen molar-refractivity contribution in [2.24, 2.45) is 0 Å². The van der Waals surface area contributed by atoms with Gasteiger partial charge in [-0.2, -0.15) is 5.26 Å². The Hall–Kier alpha value is -2.78. The largest absolute Gasteiger partial charge is 0.504 e. The number of carbonyl (C=O) groups excluding carboxylic acids is 1. The second-order valence-corrected chi connectivity index (χ2v) is 6.40. The predicted molar refractivity (Wildman–Crippen MR) is 100 cm³/mol. The summed E-state index contributed by atoms with van der Waals surface area (Å²) in [6, 6.07) is 10.7. The molecule has 2 rings (SSSR count). The molecule has 128 valence electrons. The molecule has 0 aliphatic rings. The molecule has 0 aromatic heterocycles. The molecule has 2 aromatic carbocycles. The second-order valence-electron chi connectivity index (χ2n) is 5.49. The summed E-state index contributed by atoms with van der Waals surface area (Å²) in [5.41, 5.74) is 2.71. The van der Waals surface area contributed by atoms with Crippen LogP contribution in [0.2, 0.25) is 0 Å². The van der Waals surface area contributed by atoms with Gasteiger partial charge in [-0.3, -0.25) is 4.79 Å². The number of ether oxygens (including phenoxy) is 1. The number of carbonyl (C=O) groups is 1. The highest BCUT2D eigenvalue weighted by Crippen LogP contribution is 2.35. The Balaban J connectivity index is 2.38. The molecule has 2 N–H and O–H groups in total. The summed E-state index contributed by atoms with van der Waals surface area (Å²) in [5.74, 6) is -0.444. The first kappa shape index (κ1) is 18.6. The molecule has 0 spiro atoms. The van der Waals surface area contributed by atoms with Gasteiger partial charge in [-0.05, 0) is 49.2 Å². The van der Waals surface area contributed by atoms with Gasteiger partial charge in [0, 0.05) is 15.7 Å². The number of aromatic hydroxyl groups is 1. The van der Waals surface area contributed by atoms with Crippen LogP contribution in [0.3, 0.4) is 0 Å². The maximum Gasteiger partial charge on any atom is 0.266 e. The van der Waals surface area contributed by atoms with Crippen LogP contribution >= 0.6 is 15.9 Å². The number of hydrogen-bond donors (Lipinski definition) is 2. The molecular formula is C19H17BrN2O3. The minimum absolute atomic E-state index is 0.128. The van der Waals surface area contributed by atoms with Crippen LogP contribution in [-0.4, -0.2) is 18.1 Å². The Kier molecular flexibility index (Phi) is 5.84. The van der Waals surface area contributed by atoms with Crippen LogP contribution in [0.15, 0.2) is 40.4 Å². The first-order chi connectivity index (χ1) is 11.8. The average Bonchev–Trinajstić information content (AvgIpc) is 2.58. The van der Waals surface area contributed by atoms with E-state index in [0.717, 1.165) is 11.1 Å². The summed E-state index contributed by atoms with van der Waals surface area (Å²) in [7, 11) is 1.42. The lowest BCUT2D eigenvalue weighted by atomic mass is 10.1. The van der Waals surface area contributed by atoms with E-state index in [9.17, 15) is 15.2 Å². The fourth-order valence-corrected chi connectivity index (χ4v) is 2.68. The van der Waals surface area contributed by atoms with Crippen molar-refractivity contribution >= 4 is 33.6 Å². The molecule has 0 radical (unpaired) electrons. The second kappa shape index (κ2) is 7.86. The van der Waals surface area contributed by atoms with Gasteiger partial charge in [0.2, 0.25) is 0 Å². The Morgan fingerprint density at radius 2 is 2.04 bits per heavy atom. The van der Waals surface area contributed by atoms with E-state index in [1.807, 2.05) is 38.1 Å². The van der Waals surface area contributed by atoms with Crippen molar-refractivity contribution in [3.63, 3.8) is 0 Å². The highest BCUT2D eigenvalue weighted by Gasteiger charge is 2.14. The van der Waals surface area contributed by atoms with Crippen molar-refractivity contribution in [3.05, 3.63) is 57.1 Å². The number of benzene rings is 2. The monoisotopic (exact) mass is 400 g/mol. The molecule has 0 aliphatic heterocycles. The van der Waals surface area contributed by atoms with Gasteiger partial charge < -0.3 is 15.2 Å². The number of phenolic OH excluding ortho intramolecular Hbond substituents is 1. The normalized spacial score (nSPS) is 10.9. The number of rotatable bonds is 4. The summed E-state index contributed by atoms with van der Waals surface area (Å²) in [6.07, 6.45) is 1.32. The van der Waals surface area contributed by atoms with Crippen LogP contribution in [0.5, 0.6) is 11.5 Å². The van der Waals surface area contributed by atoms with E-state index in [0.29, 0.717) is 15.7 Å². The van der Waals surface area contributed by atoms with Crippen LogP contribution in [0.25, 0.3) is 6.08 Å². The molecule has 25 heavy (non-hydrogen) atoms. The van der Waals surface area contributed by atoms with E-state index in [4.69, 9.17) is 4.74 Å². The first-order valence-corrected chi connectivity index (χ1v) is 8.22. The van der Waals surface area contributed by atoms with E-state index in [1.54, 1.807) is 12.1 Å². The molecular weight excluding hydrogens is 384 g/mol. The zero-order valence-electron chi connectivity index (χ0n) is 14.1. The highest BCUT2D eigenvalue weighted by atomic mass is 79.9. The van der Waals surface area contributed by atoms with Crippen molar-refractivity contribution in [1.82, 2.24) is 0 Å². The number of nitrogens with one attached hydrogen (secondary N) is 1. The molecule has 6 heteroatoms. The first-order valence-electron chi connectivity index (χ1n) is 7.42. The van der Waals surface area contributed by atoms with Crippen LogP contribution in [0, 0.1) is 25.2 Å². The number of halogens is 1. The van der Waals surface area contributed by atoms with Crippen LogP contribution in [-0.2, 0) is 4.79 Å². The van der Waals surface area contributed by atoms with Gasteiger partial charge in [-0.15, -0.1) is 0 Å². The fraction of sp³-hybridized carbons (Fsp3) is 0.158. The van der Waals surface area contributed by atoms with Gasteiger partial charge in [0.15, 0.2) is 11.5 Å². The van der Waals surface area contributed by atoms with Crippen LogP contribution < -0.4 is 10.1 Å². The quantitative estimate of drug-likeness (QED) is 0.590. The summed E-state index contributed by atoms with van der Waals surface area (Å²) in [5, 5.41) is 22.3. The molecule has 0 saturated carbocycles. The number of aryl methyl sites for hydroxylation is 2. The van der Waals surface area contributed by atoms with Crippen LogP contribution in [0.4, 0.5) is 5.69 Å². The number of anilines is 1. The molecule has 0 unspecified atom stereocenters. The smallest absolute Gasteiger partial charge is 0.266 e. The molecule has 0 fully saturated rings. The van der Waals surface area contributed by atoms with E-state index < -0.39 is 5.91 Å². The van der Waals surface area contributed by atoms with Gasteiger partial charge in [0.25, 0.3) is 5.91 Å². The molecule has 0 heterocycles. The average molecular weight is 401 g/mol. The number of nitriles is 1. The van der Waals surface area contributed by atoms with Gasteiger partial charge in [0.1, 0.15) is 11.6 Å². The van der Waals surface area contributed by atoms with E-state index in [2.05, 4.69) is 21.2 Å². The van der Waals surface area contributed by atoms with E-state index in [1.165, 1.54) is 13.2 Å². The maximum atomic E-state index is 12.4. The summed E-state index contributed by atoms with van der Waals surface area (Å²) >= 11 is 3.30. The number of phenols is 1. The molecule has 0 aliphatic carbocycles. The Morgan fingerprint density at radius 1 is 1.32 bits per heavy atom. The maximum absolute atomic E-state index is 12.4. The topological polar surface area (TPSA) is 82.3 Å². The third-order valence-electron chi connectivity index (χ3n) is 3.60. The Labute approximate surface area is 154 Å². The summed E-state index contributed by atoms with van der Waals surface area (Å²) in [6.45, 7) is 3.79. The lowest BCUT2D eigenvalue weighted by molar-refractivity contribution is -0.112. The zero-order chi connectivity index (χ0) is 18.6. The third kappa shape index (κ3) is 4.40. The zero-order valence-corrected chi connectivity index (χ0v) is 15.6. The van der Waals surface area contributed by atoms with Gasteiger partial charge >= 0.3 is 0 Å². The van der Waals surface area contributed by atoms with E-state index in [-0.39, 0.29) is 17.1 Å². The Morgan fingerprint density at radius 3 is 2.68 bits per heavy atom. The lowest BCUT2D eigenvalue weighted by Crippen LogP contribution is -2.14. The number of methoxy groups -OCH3 is 1. The fourth-order valence-electron chi connectivity index (χ4n) is 2.22. The van der Waals surface area contributed by atoms with Crippen molar-refractivity contribution < 1.29 is 14.6 Å². The predicted octanol–water partition coefficient (Wildman–Crippen LogP) is 4.33. The number of amides is 1. The molecule has 0 bridgehead atoms. The number of nitrogens with zero attached hydrogens (tertiary/aromatic N) is 1. The summed E-state index contributed by atoms with van der Waals surface area (Å²) in [4.78, 5) is 12.4. The minimum Gasteiger partial charge on any atom is -0.504 e. The van der Waals surface area contributed by atoms with Crippen molar-refractivity contribution in [3.8, 4) is 17.6 Å². The van der Waals surface area contributed by atoms with Crippen molar-refractivity contribution in [2.75, 3.05) is 12.4 Å². The van der Waals surface area contributed by atoms with Crippen LogP contribution in [0.1, 0.15) is 16.7 Å². The van der Waals surface area contributed by atoms with E-state index >= 15 is 0 Å². The Bertz CT molecular complexity index is 898. The third-order valence-corrected chi connectivity index (χ3v) is 4.05. The highest BCUT2D eigenvalue weighted by molar-refractivity contribution is 9.10. The SMILES string of the molecule is COc1cc(Br)cc(C=C(C#N)C(=O)Nc2cc(C)ccc2C)c1O. The van der Waals surface area contributed by atoms with Gasteiger partial charge in [-0.25, -0.2) is 0 Å². The number of hydrogen-bond acceptors (Lipinski definition) is 4. The molecule has 0 saturated heterocycles. The molecule has 1 amide bonds. The molecule has 5 nitrogen and oxygen atoms in total. The van der Waals surface area contributed by atoms with Crippen molar-refractivity contribution in [1.29, 1.82) is 5.26 Å². The van der Waals surface area contributed by atoms with Gasteiger partial charge in [-0.1, -0.05) is 28.1 Å². The van der Waals surface area contributed by atoms with Gasteiger partial charge in [0.05, 0.1) is 7.11 Å². The molecule has 0 atom stereocenters. The molecule has 2 aromatic rings.